The van der Waals surface area contributed by atoms with Crippen LogP contribution in [0.1, 0.15) is 24.8 Å². The van der Waals surface area contributed by atoms with Gasteiger partial charge in [-0.1, -0.05) is 19.1 Å². The molecule has 1 aromatic carbocycles. The van der Waals surface area contributed by atoms with Gasteiger partial charge in [-0.2, -0.15) is 0 Å². The summed E-state index contributed by atoms with van der Waals surface area (Å²) in [4.78, 5) is 24.3. The molecule has 1 saturated carbocycles. The molecule has 1 aliphatic carbocycles. The smallest absolute Gasteiger partial charge is 0.317 e. The highest BCUT2D eigenvalue weighted by atomic mass is 16.5. The third-order valence-electron chi connectivity index (χ3n) is 3.94. The van der Waals surface area contributed by atoms with Crippen LogP contribution < -0.4 is 10.1 Å². The molecule has 22 heavy (non-hydrogen) atoms. The van der Waals surface area contributed by atoms with Crippen LogP contribution in [-0.2, 0) is 4.79 Å². The van der Waals surface area contributed by atoms with Gasteiger partial charge in [-0.15, -0.1) is 0 Å². The Labute approximate surface area is 130 Å². The quantitative estimate of drug-likeness (QED) is 0.841. The molecule has 1 unspecified atom stereocenters. The molecule has 2 amide bonds. The minimum absolute atomic E-state index is 0.0993. The molecule has 6 nitrogen and oxygen atoms in total. The van der Waals surface area contributed by atoms with Crippen molar-refractivity contribution in [3.63, 3.8) is 0 Å². The molecule has 0 radical (unpaired) electrons. The minimum atomic E-state index is -0.902. The highest BCUT2D eigenvalue weighted by Crippen LogP contribution is 2.41. The second-order valence-corrected chi connectivity index (χ2v) is 5.79. The predicted octanol–water partition coefficient (Wildman–Crippen LogP) is 1.91. The maximum absolute atomic E-state index is 12.0. The first-order valence-corrected chi connectivity index (χ1v) is 7.30. The zero-order valence-electron chi connectivity index (χ0n) is 13.1. The van der Waals surface area contributed by atoms with Crippen LogP contribution in [0.2, 0.25) is 0 Å². The number of aliphatic carboxylic acids is 1. The summed E-state index contributed by atoms with van der Waals surface area (Å²) in [6, 6.07) is 7.69. The Morgan fingerprint density at radius 2 is 2.23 bits per heavy atom. The van der Waals surface area contributed by atoms with Crippen LogP contribution in [0, 0.1) is 5.92 Å². The molecule has 0 aromatic heterocycles. The fourth-order valence-corrected chi connectivity index (χ4v) is 2.44. The zero-order chi connectivity index (χ0) is 16.3. The van der Waals surface area contributed by atoms with Gasteiger partial charge in [0.1, 0.15) is 5.75 Å². The lowest BCUT2D eigenvalue weighted by Gasteiger charge is -2.20. The minimum Gasteiger partial charge on any atom is -0.497 e. The number of methoxy groups -OCH3 is 1. The van der Waals surface area contributed by atoms with E-state index in [2.05, 4.69) is 5.32 Å². The van der Waals surface area contributed by atoms with Gasteiger partial charge in [0.2, 0.25) is 0 Å². The fraction of sp³-hybridized carbons (Fsp3) is 0.500. The van der Waals surface area contributed by atoms with Gasteiger partial charge in [0.05, 0.1) is 13.0 Å². The molecule has 1 fully saturated rings. The van der Waals surface area contributed by atoms with Crippen LogP contribution in [0.4, 0.5) is 4.79 Å². The largest absolute Gasteiger partial charge is 0.497 e. The van der Waals surface area contributed by atoms with E-state index in [0.717, 1.165) is 17.7 Å². The van der Waals surface area contributed by atoms with E-state index in [1.54, 1.807) is 21.1 Å². The van der Waals surface area contributed by atoms with E-state index in [1.165, 1.54) is 4.90 Å². The van der Waals surface area contributed by atoms with E-state index >= 15 is 0 Å². The van der Waals surface area contributed by atoms with Gasteiger partial charge in [-0.05, 0) is 24.1 Å². The molecule has 0 spiro atoms. The van der Waals surface area contributed by atoms with Crippen LogP contribution in [0.25, 0.3) is 0 Å². The number of nitrogens with zero attached hydrogens (tertiary/aromatic N) is 1. The lowest BCUT2D eigenvalue weighted by atomic mass is 10.1. The van der Waals surface area contributed by atoms with E-state index in [9.17, 15) is 9.59 Å². The molecule has 0 aliphatic heterocycles. The Morgan fingerprint density at radius 1 is 1.50 bits per heavy atom. The van der Waals surface area contributed by atoms with Crippen LogP contribution in [0.15, 0.2) is 24.3 Å². The summed E-state index contributed by atoms with van der Waals surface area (Å²) >= 11 is 0. The molecule has 6 heteroatoms. The monoisotopic (exact) mass is 306 g/mol. The standard InChI is InChI=1S/C16H22N2O4/c1-10(15(19)20)9-18(2)16(21)17-14-8-13(14)11-5-4-6-12(7-11)22-3/h4-7,10,13-14H,8-9H2,1-3H3,(H,17,21)(H,19,20)/t10?,13-,14+/m0/s1. The maximum atomic E-state index is 12.0. The highest BCUT2D eigenvalue weighted by Gasteiger charge is 2.40. The van der Waals surface area contributed by atoms with Crippen molar-refractivity contribution in [1.82, 2.24) is 10.2 Å². The van der Waals surface area contributed by atoms with Crippen molar-refractivity contribution in [3.8, 4) is 5.75 Å². The number of hydrogen-bond donors (Lipinski definition) is 2. The topological polar surface area (TPSA) is 78.9 Å². The van der Waals surface area contributed by atoms with Crippen molar-refractivity contribution in [1.29, 1.82) is 0 Å². The average molecular weight is 306 g/mol. The Kier molecular flexibility index (Phi) is 4.90. The first kappa shape index (κ1) is 16.1. The Hall–Kier alpha value is -2.24. The van der Waals surface area contributed by atoms with Crippen LogP contribution in [0.3, 0.4) is 0 Å². The number of benzene rings is 1. The number of urea groups is 1. The number of ether oxygens (including phenoxy) is 1. The maximum Gasteiger partial charge on any atom is 0.317 e. The number of rotatable bonds is 6. The number of amides is 2. The first-order chi connectivity index (χ1) is 10.4. The summed E-state index contributed by atoms with van der Waals surface area (Å²) in [6.45, 7) is 1.78. The SMILES string of the molecule is COc1cccc([C@@H]2C[C@H]2NC(=O)N(C)CC(C)C(=O)O)c1. The van der Waals surface area contributed by atoms with Crippen molar-refractivity contribution in [2.24, 2.45) is 5.92 Å². The highest BCUT2D eigenvalue weighted by molar-refractivity contribution is 5.76. The van der Waals surface area contributed by atoms with Gasteiger partial charge in [-0.3, -0.25) is 4.79 Å². The molecule has 0 bridgehead atoms. The molecule has 0 heterocycles. The molecular weight excluding hydrogens is 284 g/mol. The van der Waals surface area contributed by atoms with Crippen LogP contribution >= 0.6 is 0 Å². The molecule has 3 atom stereocenters. The van der Waals surface area contributed by atoms with Gasteiger partial charge in [0.15, 0.2) is 0 Å². The zero-order valence-corrected chi connectivity index (χ0v) is 13.1. The molecule has 120 valence electrons. The van der Waals surface area contributed by atoms with Crippen LogP contribution in [0.5, 0.6) is 5.75 Å². The van der Waals surface area contributed by atoms with Crippen molar-refractivity contribution >= 4 is 12.0 Å². The lowest BCUT2D eigenvalue weighted by molar-refractivity contribution is -0.141. The summed E-state index contributed by atoms with van der Waals surface area (Å²) < 4.78 is 5.20. The molecular formula is C16H22N2O4. The summed E-state index contributed by atoms with van der Waals surface area (Å²) in [7, 11) is 3.24. The first-order valence-electron chi connectivity index (χ1n) is 7.30. The summed E-state index contributed by atoms with van der Waals surface area (Å²) in [6.07, 6.45) is 0.890. The van der Waals surface area contributed by atoms with E-state index in [-0.39, 0.29) is 18.6 Å². The number of nitrogens with one attached hydrogen (secondary N) is 1. The summed E-state index contributed by atoms with van der Waals surface area (Å²) in [5.41, 5.74) is 1.14. The van der Waals surface area contributed by atoms with Crippen molar-refractivity contribution in [2.75, 3.05) is 20.7 Å². The van der Waals surface area contributed by atoms with Gasteiger partial charge in [-0.25, -0.2) is 4.79 Å². The normalized spacial score (nSPS) is 20.9. The third kappa shape index (κ3) is 3.90. The van der Waals surface area contributed by atoms with Crippen molar-refractivity contribution < 1.29 is 19.4 Å². The van der Waals surface area contributed by atoms with Gasteiger partial charge in [0, 0.05) is 25.6 Å². The van der Waals surface area contributed by atoms with Gasteiger partial charge < -0.3 is 20.1 Å². The lowest BCUT2D eigenvalue weighted by Crippen LogP contribution is -2.42. The summed E-state index contributed by atoms with van der Waals surface area (Å²) in [5, 5.41) is 11.8. The van der Waals surface area contributed by atoms with E-state index in [1.807, 2.05) is 24.3 Å². The van der Waals surface area contributed by atoms with Gasteiger partial charge in [0.25, 0.3) is 0 Å². The molecule has 1 aliphatic rings. The average Bonchev–Trinajstić information content (AvgIpc) is 3.26. The van der Waals surface area contributed by atoms with E-state index in [0.29, 0.717) is 5.92 Å². The molecule has 2 N–H and O–H groups in total. The Bertz CT molecular complexity index is 561. The number of carbonyl (C=O) groups is 2. The predicted molar refractivity (Wildman–Crippen MR) is 82.1 cm³/mol. The number of hydrogen-bond acceptors (Lipinski definition) is 3. The number of carbonyl (C=O) groups excluding carboxylic acids is 1. The second kappa shape index (κ2) is 6.68. The molecule has 2 rings (SSSR count). The van der Waals surface area contributed by atoms with E-state index < -0.39 is 11.9 Å². The molecule has 1 aromatic rings. The Balaban J connectivity index is 1.85. The summed E-state index contributed by atoms with van der Waals surface area (Å²) in [5.74, 6) is -0.379. The molecule has 0 saturated heterocycles. The van der Waals surface area contributed by atoms with Crippen molar-refractivity contribution in [2.45, 2.75) is 25.3 Å². The van der Waals surface area contributed by atoms with Crippen molar-refractivity contribution in [3.05, 3.63) is 29.8 Å². The third-order valence-corrected chi connectivity index (χ3v) is 3.94. The number of carboxylic acids is 1. The fourth-order valence-electron chi connectivity index (χ4n) is 2.44. The van der Waals surface area contributed by atoms with Crippen LogP contribution in [-0.4, -0.2) is 48.8 Å². The van der Waals surface area contributed by atoms with E-state index in [4.69, 9.17) is 9.84 Å². The Morgan fingerprint density at radius 3 is 2.86 bits per heavy atom. The second-order valence-electron chi connectivity index (χ2n) is 5.79. The van der Waals surface area contributed by atoms with Gasteiger partial charge >= 0.3 is 12.0 Å². The number of carboxylic acid groups (broad SMARTS) is 1.